The lowest BCUT2D eigenvalue weighted by molar-refractivity contribution is -0.148. The fourth-order valence-electron chi connectivity index (χ4n) is 1.88. The molecule has 0 radical (unpaired) electrons. The lowest BCUT2D eigenvalue weighted by atomic mass is 10.1. The van der Waals surface area contributed by atoms with Crippen LogP contribution < -0.4 is 20.1 Å². The molecule has 0 aliphatic rings. The Balaban J connectivity index is 2.19. The fourth-order valence-corrected chi connectivity index (χ4v) is 1.88. The molecule has 0 spiro atoms. The number of ether oxygens (including phenoxy) is 3. The first-order valence-electron chi connectivity index (χ1n) is 8.41. The third-order valence-corrected chi connectivity index (χ3v) is 3.26. The van der Waals surface area contributed by atoms with Gasteiger partial charge >= 0.3 is 12.0 Å². The maximum Gasteiger partial charge on any atom is 0.321 e. The lowest BCUT2D eigenvalue weighted by Crippen LogP contribution is -2.42. The molecule has 0 aliphatic carbocycles. The lowest BCUT2D eigenvalue weighted by Gasteiger charge is -2.10. The summed E-state index contributed by atoms with van der Waals surface area (Å²) in [4.78, 5) is 34.6. The number of esters is 1. The van der Waals surface area contributed by atoms with Crippen molar-refractivity contribution in [2.75, 3.05) is 26.9 Å². The van der Waals surface area contributed by atoms with Crippen molar-refractivity contribution in [3.05, 3.63) is 24.3 Å². The summed E-state index contributed by atoms with van der Waals surface area (Å²) >= 11 is 0. The van der Waals surface area contributed by atoms with Gasteiger partial charge < -0.3 is 19.5 Å². The molecule has 0 bridgehead atoms. The number of para-hydroxylation sites is 2. The number of carbonyl (C=O) groups is 3. The standard InChI is InChI=1S/C18H26N2O6/c1-13(2)8-10-19-18(23)20-16(21)12-26-17(22)9-11-25-15-7-5-4-6-14(15)24-3/h4-7,13H,8-12H2,1-3H3,(H2,19,20,21,23). The highest BCUT2D eigenvalue weighted by atomic mass is 16.5. The summed E-state index contributed by atoms with van der Waals surface area (Å²) in [6.07, 6.45) is 0.773. The summed E-state index contributed by atoms with van der Waals surface area (Å²) in [5.74, 6) is 0.230. The van der Waals surface area contributed by atoms with Crippen molar-refractivity contribution in [1.82, 2.24) is 10.6 Å². The maximum atomic E-state index is 11.6. The van der Waals surface area contributed by atoms with Crippen LogP contribution in [0, 0.1) is 5.92 Å². The molecular weight excluding hydrogens is 340 g/mol. The average molecular weight is 366 g/mol. The minimum Gasteiger partial charge on any atom is -0.493 e. The van der Waals surface area contributed by atoms with Crippen LogP contribution in [0.1, 0.15) is 26.7 Å². The van der Waals surface area contributed by atoms with E-state index >= 15 is 0 Å². The molecule has 1 aromatic rings. The van der Waals surface area contributed by atoms with Gasteiger partial charge in [-0.15, -0.1) is 0 Å². The number of amides is 3. The van der Waals surface area contributed by atoms with E-state index in [0.29, 0.717) is 24.0 Å². The zero-order valence-electron chi connectivity index (χ0n) is 15.4. The number of hydrogen-bond acceptors (Lipinski definition) is 6. The quantitative estimate of drug-likeness (QED) is 0.613. The molecule has 0 saturated heterocycles. The average Bonchev–Trinajstić information content (AvgIpc) is 2.60. The SMILES string of the molecule is COc1ccccc1OCCC(=O)OCC(=O)NC(=O)NCCC(C)C. The number of methoxy groups -OCH3 is 1. The molecule has 26 heavy (non-hydrogen) atoms. The molecule has 1 aromatic carbocycles. The summed E-state index contributed by atoms with van der Waals surface area (Å²) < 4.78 is 15.4. The number of urea groups is 1. The van der Waals surface area contributed by atoms with E-state index in [1.54, 1.807) is 24.3 Å². The summed E-state index contributed by atoms with van der Waals surface area (Å²) in [7, 11) is 1.52. The molecule has 144 valence electrons. The smallest absolute Gasteiger partial charge is 0.321 e. The molecule has 8 heteroatoms. The summed E-state index contributed by atoms with van der Waals surface area (Å²) in [5.41, 5.74) is 0. The van der Waals surface area contributed by atoms with Crippen LogP contribution in [0.15, 0.2) is 24.3 Å². The van der Waals surface area contributed by atoms with Crippen molar-refractivity contribution in [3.8, 4) is 11.5 Å². The molecule has 0 unspecified atom stereocenters. The highest BCUT2D eigenvalue weighted by Crippen LogP contribution is 2.25. The number of carbonyl (C=O) groups excluding carboxylic acids is 3. The predicted molar refractivity (Wildman–Crippen MR) is 95.1 cm³/mol. The van der Waals surface area contributed by atoms with Gasteiger partial charge in [-0.3, -0.25) is 14.9 Å². The second kappa shape index (κ2) is 11.7. The summed E-state index contributed by atoms with van der Waals surface area (Å²) in [6, 6.07) is 6.44. The van der Waals surface area contributed by atoms with E-state index in [1.807, 2.05) is 13.8 Å². The molecule has 1 rings (SSSR count). The van der Waals surface area contributed by atoms with Crippen molar-refractivity contribution in [2.24, 2.45) is 5.92 Å². The first-order chi connectivity index (χ1) is 12.4. The van der Waals surface area contributed by atoms with Gasteiger partial charge in [0.15, 0.2) is 18.1 Å². The number of hydrogen-bond donors (Lipinski definition) is 2. The summed E-state index contributed by atoms with van der Waals surface area (Å²) in [5, 5.41) is 4.64. The molecule has 8 nitrogen and oxygen atoms in total. The van der Waals surface area contributed by atoms with Gasteiger partial charge in [-0.25, -0.2) is 4.79 Å². The Labute approximate surface area is 153 Å². The second-order valence-corrected chi connectivity index (χ2v) is 5.90. The Kier molecular flexibility index (Phi) is 9.59. The van der Waals surface area contributed by atoms with E-state index < -0.39 is 24.5 Å². The van der Waals surface area contributed by atoms with Gasteiger partial charge in [0, 0.05) is 6.54 Å². The van der Waals surface area contributed by atoms with Crippen LogP contribution in [0.25, 0.3) is 0 Å². The zero-order valence-corrected chi connectivity index (χ0v) is 15.4. The molecule has 0 aliphatic heterocycles. The molecule has 0 aromatic heterocycles. The largest absolute Gasteiger partial charge is 0.493 e. The minimum atomic E-state index is -0.689. The van der Waals surface area contributed by atoms with Gasteiger partial charge in [0.1, 0.15) is 0 Å². The normalized spacial score (nSPS) is 10.2. The molecule has 3 amide bonds. The van der Waals surface area contributed by atoms with Crippen molar-refractivity contribution < 1.29 is 28.6 Å². The molecule has 0 atom stereocenters. The van der Waals surface area contributed by atoms with Gasteiger partial charge in [0.25, 0.3) is 5.91 Å². The first kappa shape index (κ1) is 21.3. The Bertz CT molecular complexity index is 603. The van der Waals surface area contributed by atoms with Crippen LogP contribution in [0.2, 0.25) is 0 Å². The number of imide groups is 1. The number of rotatable bonds is 10. The Morgan fingerprint density at radius 2 is 1.81 bits per heavy atom. The second-order valence-electron chi connectivity index (χ2n) is 5.90. The Morgan fingerprint density at radius 1 is 1.12 bits per heavy atom. The van der Waals surface area contributed by atoms with Gasteiger partial charge in [-0.05, 0) is 24.5 Å². The van der Waals surface area contributed by atoms with Crippen molar-refractivity contribution in [1.29, 1.82) is 0 Å². The van der Waals surface area contributed by atoms with Crippen molar-refractivity contribution >= 4 is 17.9 Å². The Morgan fingerprint density at radius 3 is 2.46 bits per heavy atom. The third kappa shape index (κ3) is 8.91. The van der Waals surface area contributed by atoms with Crippen LogP contribution >= 0.6 is 0 Å². The van der Waals surface area contributed by atoms with E-state index in [0.717, 1.165) is 6.42 Å². The van der Waals surface area contributed by atoms with E-state index in [2.05, 4.69) is 10.6 Å². The highest BCUT2D eigenvalue weighted by molar-refractivity contribution is 5.95. The predicted octanol–water partition coefficient (Wildman–Crippen LogP) is 1.88. The van der Waals surface area contributed by atoms with E-state index in [-0.39, 0.29) is 13.0 Å². The Hall–Kier alpha value is -2.77. The maximum absolute atomic E-state index is 11.6. The number of benzene rings is 1. The van der Waals surface area contributed by atoms with Gasteiger partial charge in [-0.2, -0.15) is 0 Å². The third-order valence-electron chi connectivity index (χ3n) is 3.26. The first-order valence-corrected chi connectivity index (χ1v) is 8.41. The van der Waals surface area contributed by atoms with E-state index in [9.17, 15) is 14.4 Å². The topological polar surface area (TPSA) is 103 Å². The van der Waals surface area contributed by atoms with Crippen molar-refractivity contribution in [2.45, 2.75) is 26.7 Å². The van der Waals surface area contributed by atoms with Crippen LogP contribution in [-0.4, -0.2) is 44.8 Å². The monoisotopic (exact) mass is 366 g/mol. The van der Waals surface area contributed by atoms with Crippen LogP contribution in [0.5, 0.6) is 11.5 Å². The number of nitrogens with one attached hydrogen (secondary N) is 2. The van der Waals surface area contributed by atoms with Crippen LogP contribution in [0.4, 0.5) is 4.79 Å². The van der Waals surface area contributed by atoms with Crippen LogP contribution in [0.3, 0.4) is 0 Å². The van der Waals surface area contributed by atoms with E-state index in [4.69, 9.17) is 14.2 Å². The van der Waals surface area contributed by atoms with Crippen LogP contribution in [-0.2, 0) is 14.3 Å². The van der Waals surface area contributed by atoms with Crippen molar-refractivity contribution in [3.63, 3.8) is 0 Å². The molecular formula is C18H26N2O6. The van der Waals surface area contributed by atoms with Gasteiger partial charge in [0.2, 0.25) is 0 Å². The molecule has 0 fully saturated rings. The fraction of sp³-hybridized carbons (Fsp3) is 0.500. The summed E-state index contributed by atoms with van der Waals surface area (Å²) in [6.45, 7) is 4.09. The van der Waals surface area contributed by atoms with E-state index in [1.165, 1.54) is 7.11 Å². The molecule has 2 N–H and O–H groups in total. The van der Waals surface area contributed by atoms with Gasteiger partial charge in [0.05, 0.1) is 20.1 Å². The molecule has 0 saturated carbocycles. The highest BCUT2D eigenvalue weighted by Gasteiger charge is 2.11. The minimum absolute atomic E-state index is 0.0358. The van der Waals surface area contributed by atoms with Gasteiger partial charge in [-0.1, -0.05) is 26.0 Å². The zero-order chi connectivity index (χ0) is 19.4. The molecule has 0 heterocycles.